The minimum Gasteiger partial charge on any atom is -0.352 e. The Morgan fingerprint density at radius 3 is 2.55 bits per heavy atom. The number of aromatic nitrogens is 2. The molecule has 2 atom stereocenters. The van der Waals surface area contributed by atoms with Crippen LogP contribution in [-0.2, 0) is 11.8 Å². The second kappa shape index (κ2) is 8.89. The van der Waals surface area contributed by atoms with Crippen molar-refractivity contribution in [3.8, 4) is 0 Å². The zero-order valence-corrected chi connectivity index (χ0v) is 18.8. The third kappa shape index (κ3) is 4.46. The molecule has 6 nitrogen and oxygen atoms in total. The van der Waals surface area contributed by atoms with Gasteiger partial charge in [-0.25, -0.2) is 0 Å². The standard InChI is InChI=1S/C24H27N5OS/c1-16-7-10-18(11-8-16)26-21(30)13-15-29-23(20-12-9-17(2)28(20)3)22(27-24(29)31)19-6-4-5-14-25-19/h4-12,14,22-23H,13,15H2,1-3H3,(H,26,30)(H,27,31)/t22-,23+/m0/s1. The number of pyridine rings is 1. The summed E-state index contributed by atoms with van der Waals surface area (Å²) < 4.78 is 2.18. The molecule has 1 saturated heterocycles. The third-order valence-electron chi connectivity index (χ3n) is 5.83. The highest BCUT2D eigenvalue weighted by Gasteiger charge is 2.41. The first-order chi connectivity index (χ1) is 14.9. The number of anilines is 1. The second-order valence-electron chi connectivity index (χ2n) is 7.94. The number of rotatable bonds is 6. The molecule has 160 valence electrons. The van der Waals surface area contributed by atoms with Gasteiger partial charge in [-0.05, 0) is 62.5 Å². The lowest BCUT2D eigenvalue weighted by atomic mass is 10.0. The van der Waals surface area contributed by atoms with Crippen LogP contribution in [0.4, 0.5) is 5.69 Å². The maximum Gasteiger partial charge on any atom is 0.226 e. The van der Waals surface area contributed by atoms with Crippen molar-refractivity contribution in [2.45, 2.75) is 32.4 Å². The molecular weight excluding hydrogens is 406 g/mol. The third-order valence-corrected chi connectivity index (χ3v) is 6.18. The molecule has 1 aromatic carbocycles. The van der Waals surface area contributed by atoms with Gasteiger partial charge < -0.3 is 20.1 Å². The van der Waals surface area contributed by atoms with Gasteiger partial charge >= 0.3 is 0 Å². The van der Waals surface area contributed by atoms with Gasteiger partial charge in [-0.3, -0.25) is 9.78 Å². The van der Waals surface area contributed by atoms with Crippen molar-refractivity contribution in [1.29, 1.82) is 0 Å². The van der Waals surface area contributed by atoms with E-state index < -0.39 is 0 Å². The quantitative estimate of drug-likeness (QED) is 0.575. The summed E-state index contributed by atoms with van der Waals surface area (Å²) in [5.74, 6) is -0.0326. The van der Waals surface area contributed by atoms with Crippen LogP contribution in [0.15, 0.2) is 60.8 Å². The van der Waals surface area contributed by atoms with Crippen LogP contribution >= 0.6 is 12.2 Å². The van der Waals surface area contributed by atoms with E-state index in [1.165, 1.54) is 5.69 Å². The first-order valence-corrected chi connectivity index (χ1v) is 10.8. The molecule has 0 aliphatic carbocycles. The Balaban J connectivity index is 1.54. The summed E-state index contributed by atoms with van der Waals surface area (Å²) in [6.45, 7) is 4.62. The molecule has 1 aliphatic heterocycles. The van der Waals surface area contributed by atoms with Crippen LogP contribution in [0.2, 0.25) is 0 Å². The van der Waals surface area contributed by atoms with Crippen LogP contribution in [0.1, 0.15) is 41.1 Å². The van der Waals surface area contributed by atoms with Crippen LogP contribution in [-0.4, -0.2) is 32.0 Å². The SMILES string of the molecule is Cc1ccc(NC(=O)CCN2C(=S)N[C@@H](c3ccccn3)[C@H]2c2ccc(C)n2C)cc1. The number of benzene rings is 1. The van der Waals surface area contributed by atoms with Crippen LogP contribution in [0.3, 0.4) is 0 Å². The van der Waals surface area contributed by atoms with Crippen LogP contribution in [0.25, 0.3) is 0 Å². The van der Waals surface area contributed by atoms with Crippen molar-refractivity contribution in [3.05, 3.63) is 83.4 Å². The number of nitrogens with zero attached hydrogens (tertiary/aromatic N) is 3. The molecule has 0 saturated carbocycles. The lowest BCUT2D eigenvalue weighted by Gasteiger charge is -2.28. The van der Waals surface area contributed by atoms with Crippen LogP contribution < -0.4 is 10.6 Å². The van der Waals surface area contributed by atoms with Crippen molar-refractivity contribution < 1.29 is 4.79 Å². The monoisotopic (exact) mass is 433 g/mol. The van der Waals surface area contributed by atoms with Gasteiger partial charge in [0.15, 0.2) is 5.11 Å². The second-order valence-corrected chi connectivity index (χ2v) is 8.33. The zero-order valence-electron chi connectivity index (χ0n) is 18.0. The van der Waals surface area contributed by atoms with Crippen molar-refractivity contribution in [3.63, 3.8) is 0 Å². The molecule has 0 bridgehead atoms. The fraction of sp³-hybridized carbons (Fsp3) is 0.292. The normalized spacial score (nSPS) is 18.2. The lowest BCUT2D eigenvalue weighted by Crippen LogP contribution is -2.33. The maximum absolute atomic E-state index is 12.6. The Kier molecular flexibility index (Phi) is 6.04. The molecule has 7 heteroatoms. The van der Waals surface area contributed by atoms with E-state index in [0.717, 1.165) is 22.6 Å². The molecule has 3 heterocycles. The number of amides is 1. The maximum atomic E-state index is 12.6. The predicted octanol–water partition coefficient (Wildman–Crippen LogP) is 4.04. The van der Waals surface area contributed by atoms with Crippen molar-refractivity contribution >= 4 is 28.9 Å². The fourth-order valence-electron chi connectivity index (χ4n) is 3.98. The molecule has 4 rings (SSSR count). The summed E-state index contributed by atoms with van der Waals surface area (Å²) in [7, 11) is 2.06. The molecular formula is C24H27N5OS. The Morgan fingerprint density at radius 1 is 1.13 bits per heavy atom. The summed E-state index contributed by atoms with van der Waals surface area (Å²) in [6, 6.07) is 17.8. The van der Waals surface area contributed by atoms with Crippen molar-refractivity contribution in [2.24, 2.45) is 7.05 Å². The molecule has 0 spiro atoms. The van der Waals surface area contributed by atoms with Gasteiger partial charge in [0.05, 0.1) is 17.8 Å². The molecule has 1 amide bonds. The number of hydrogen-bond donors (Lipinski definition) is 2. The van der Waals surface area contributed by atoms with Gasteiger partial charge in [-0.2, -0.15) is 0 Å². The van der Waals surface area contributed by atoms with Gasteiger partial charge in [-0.1, -0.05) is 23.8 Å². The van der Waals surface area contributed by atoms with Crippen LogP contribution in [0.5, 0.6) is 0 Å². The van der Waals surface area contributed by atoms with Gasteiger partial charge in [0.2, 0.25) is 5.91 Å². The van der Waals surface area contributed by atoms with E-state index in [-0.39, 0.29) is 18.0 Å². The number of hydrogen-bond acceptors (Lipinski definition) is 3. The summed E-state index contributed by atoms with van der Waals surface area (Å²) in [6.07, 6.45) is 2.13. The highest BCUT2D eigenvalue weighted by atomic mass is 32.1. The molecule has 2 aromatic heterocycles. The Labute approximate surface area is 188 Å². The molecule has 0 unspecified atom stereocenters. The van der Waals surface area contributed by atoms with E-state index in [2.05, 4.69) is 51.2 Å². The Morgan fingerprint density at radius 2 is 1.90 bits per heavy atom. The molecule has 1 fully saturated rings. The van der Waals surface area contributed by atoms with Gasteiger partial charge in [-0.15, -0.1) is 0 Å². The number of thiocarbonyl (C=S) groups is 1. The first kappa shape index (κ1) is 21.1. The highest BCUT2D eigenvalue weighted by Crippen LogP contribution is 2.38. The van der Waals surface area contributed by atoms with Gasteiger partial charge in [0.1, 0.15) is 0 Å². The smallest absolute Gasteiger partial charge is 0.226 e. The molecule has 31 heavy (non-hydrogen) atoms. The molecule has 2 N–H and O–H groups in total. The summed E-state index contributed by atoms with van der Waals surface area (Å²) in [4.78, 5) is 19.3. The number of nitrogens with one attached hydrogen (secondary N) is 2. The summed E-state index contributed by atoms with van der Waals surface area (Å²) in [5.41, 5.74) is 5.20. The van der Waals surface area contributed by atoms with E-state index in [0.29, 0.717) is 18.1 Å². The van der Waals surface area contributed by atoms with E-state index in [9.17, 15) is 4.79 Å². The van der Waals surface area contributed by atoms with Crippen molar-refractivity contribution in [2.75, 3.05) is 11.9 Å². The highest BCUT2D eigenvalue weighted by molar-refractivity contribution is 7.80. The van der Waals surface area contributed by atoms with E-state index in [4.69, 9.17) is 12.2 Å². The average molecular weight is 434 g/mol. The first-order valence-electron chi connectivity index (χ1n) is 10.4. The minimum absolute atomic E-state index is 0.0326. The van der Waals surface area contributed by atoms with E-state index in [1.807, 2.05) is 49.4 Å². The predicted molar refractivity (Wildman–Crippen MR) is 127 cm³/mol. The van der Waals surface area contributed by atoms with E-state index in [1.54, 1.807) is 6.20 Å². The molecule has 1 aliphatic rings. The average Bonchev–Trinajstić information content (AvgIpc) is 3.27. The van der Waals surface area contributed by atoms with Crippen LogP contribution in [0, 0.1) is 13.8 Å². The van der Waals surface area contributed by atoms with Crippen molar-refractivity contribution in [1.82, 2.24) is 19.8 Å². The number of carbonyl (C=O) groups is 1. The zero-order chi connectivity index (χ0) is 22.0. The number of aryl methyl sites for hydroxylation is 2. The topological polar surface area (TPSA) is 62.2 Å². The summed E-state index contributed by atoms with van der Waals surface area (Å²) in [5, 5.41) is 7.05. The minimum atomic E-state index is -0.0816. The Bertz CT molecular complexity index is 1080. The van der Waals surface area contributed by atoms with Gasteiger partial charge in [0, 0.05) is 43.3 Å². The fourth-order valence-corrected chi connectivity index (χ4v) is 4.31. The number of carbonyl (C=O) groups excluding carboxylic acids is 1. The largest absolute Gasteiger partial charge is 0.352 e. The Hall–Kier alpha value is -3.19. The molecule has 3 aromatic rings. The van der Waals surface area contributed by atoms with E-state index >= 15 is 0 Å². The lowest BCUT2D eigenvalue weighted by molar-refractivity contribution is -0.116. The van der Waals surface area contributed by atoms with Gasteiger partial charge in [0.25, 0.3) is 0 Å². The summed E-state index contributed by atoms with van der Waals surface area (Å²) >= 11 is 5.69. The molecule has 0 radical (unpaired) electrons.